The van der Waals surface area contributed by atoms with E-state index in [0.29, 0.717) is 0 Å². The van der Waals surface area contributed by atoms with E-state index in [4.69, 9.17) is 4.74 Å². The molecule has 0 radical (unpaired) electrons. The van der Waals surface area contributed by atoms with E-state index in [1.165, 1.54) is 19.8 Å². The summed E-state index contributed by atoms with van der Waals surface area (Å²) in [5.41, 5.74) is 2.62. The van der Waals surface area contributed by atoms with Gasteiger partial charge in [0.15, 0.2) is 0 Å². The molecule has 0 unspecified atom stereocenters. The van der Waals surface area contributed by atoms with Crippen molar-refractivity contribution in [1.29, 1.82) is 0 Å². The van der Waals surface area contributed by atoms with E-state index in [1.54, 1.807) is 0 Å². The van der Waals surface area contributed by atoms with Crippen LogP contribution in [0.5, 0.6) is 5.75 Å². The summed E-state index contributed by atoms with van der Waals surface area (Å²) >= 11 is 5.31. The van der Waals surface area contributed by atoms with Crippen molar-refractivity contribution < 1.29 is 4.74 Å². The lowest BCUT2D eigenvalue weighted by molar-refractivity contribution is 0.138. The normalized spacial score (nSPS) is 15.8. The van der Waals surface area contributed by atoms with Crippen LogP contribution in [0.4, 0.5) is 0 Å². The number of hydrogen-bond acceptors (Lipinski definition) is 3. The van der Waals surface area contributed by atoms with Crippen LogP contribution in [0.25, 0.3) is 0 Å². The molecule has 0 bridgehead atoms. The van der Waals surface area contributed by atoms with Gasteiger partial charge < -0.3 is 10.1 Å². The Kier molecular flexibility index (Phi) is 4.38. The molecular formula is C17H20BrNOS. The highest BCUT2D eigenvalue weighted by atomic mass is 79.9. The zero-order chi connectivity index (χ0) is 14.9. The quantitative estimate of drug-likeness (QED) is 0.784. The Morgan fingerprint density at radius 2 is 2.14 bits per heavy atom. The van der Waals surface area contributed by atoms with E-state index in [-0.39, 0.29) is 5.60 Å². The molecule has 0 aliphatic carbocycles. The van der Waals surface area contributed by atoms with E-state index in [9.17, 15) is 0 Å². The van der Waals surface area contributed by atoms with E-state index in [2.05, 4.69) is 65.4 Å². The lowest BCUT2D eigenvalue weighted by Crippen LogP contribution is -2.24. The molecule has 1 N–H and O–H groups in total. The smallest absolute Gasteiger partial charge is 0.123 e. The lowest BCUT2D eigenvalue weighted by Gasteiger charge is -2.16. The van der Waals surface area contributed by atoms with Crippen LogP contribution in [0.1, 0.15) is 29.9 Å². The zero-order valence-electron chi connectivity index (χ0n) is 12.4. The predicted octanol–water partition coefficient (Wildman–Crippen LogP) is 4.56. The van der Waals surface area contributed by atoms with Crippen LogP contribution in [-0.2, 0) is 19.4 Å². The standard InChI is InChI=1S/C17H20BrNOS/c1-17(2)10-13-9-12(3-5-15(13)20-17)11-19-8-7-14-4-6-16(18)21-14/h3-6,9,19H,7-8,10-11H2,1-2H3. The molecule has 112 valence electrons. The molecule has 0 spiro atoms. The Morgan fingerprint density at radius 3 is 2.90 bits per heavy atom. The molecule has 1 aliphatic rings. The number of halogens is 1. The number of nitrogens with one attached hydrogen (secondary N) is 1. The molecule has 2 aromatic rings. The highest BCUT2D eigenvalue weighted by Crippen LogP contribution is 2.35. The van der Waals surface area contributed by atoms with Crippen LogP contribution in [0.2, 0.25) is 0 Å². The minimum absolute atomic E-state index is 0.0546. The van der Waals surface area contributed by atoms with Gasteiger partial charge in [0.05, 0.1) is 3.79 Å². The second-order valence-corrected chi connectivity index (χ2v) is 8.66. The molecule has 2 heterocycles. The fourth-order valence-corrected chi connectivity index (χ4v) is 4.19. The van der Waals surface area contributed by atoms with Crippen LogP contribution < -0.4 is 10.1 Å². The van der Waals surface area contributed by atoms with Gasteiger partial charge in [-0.25, -0.2) is 0 Å². The van der Waals surface area contributed by atoms with Gasteiger partial charge in [-0.1, -0.05) is 12.1 Å². The molecule has 0 amide bonds. The number of benzene rings is 1. The van der Waals surface area contributed by atoms with Gasteiger partial charge in [-0.15, -0.1) is 11.3 Å². The number of hydrogen-bond donors (Lipinski definition) is 1. The van der Waals surface area contributed by atoms with Crippen LogP contribution in [0, 0.1) is 0 Å². The SMILES string of the molecule is CC1(C)Cc2cc(CNCCc3ccc(Br)s3)ccc2O1. The average Bonchev–Trinajstić information content (AvgIpc) is 2.95. The van der Waals surface area contributed by atoms with Crippen LogP contribution in [-0.4, -0.2) is 12.1 Å². The van der Waals surface area contributed by atoms with Crippen molar-refractivity contribution in [3.63, 3.8) is 0 Å². The van der Waals surface area contributed by atoms with Crippen molar-refractivity contribution in [3.05, 3.63) is 50.1 Å². The first-order valence-electron chi connectivity index (χ1n) is 7.28. The highest BCUT2D eigenvalue weighted by molar-refractivity contribution is 9.11. The fraction of sp³-hybridized carbons (Fsp3) is 0.412. The predicted molar refractivity (Wildman–Crippen MR) is 92.3 cm³/mol. The molecule has 1 aromatic heterocycles. The molecule has 0 atom stereocenters. The van der Waals surface area contributed by atoms with Crippen LogP contribution in [0.3, 0.4) is 0 Å². The van der Waals surface area contributed by atoms with E-state index in [1.807, 2.05) is 11.3 Å². The van der Waals surface area contributed by atoms with Gasteiger partial charge in [-0.05, 0) is 65.5 Å². The Bertz CT molecular complexity index is 635. The molecule has 0 saturated heterocycles. The maximum atomic E-state index is 5.91. The second-order valence-electron chi connectivity index (χ2n) is 6.11. The minimum atomic E-state index is -0.0546. The number of thiophene rings is 1. The largest absolute Gasteiger partial charge is 0.487 e. The van der Waals surface area contributed by atoms with Crippen molar-refractivity contribution in [2.45, 2.75) is 38.8 Å². The lowest BCUT2D eigenvalue weighted by atomic mass is 10.0. The molecule has 21 heavy (non-hydrogen) atoms. The summed E-state index contributed by atoms with van der Waals surface area (Å²) in [5.74, 6) is 1.05. The first-order chi connectivity index (χ1) is 10.0. The summed E-state index contributed by atoms with van der Waals surface area (Å²) in [7, 11) is 0. The number of ether oxygens (including phenoxy) is 1. The second kappa shape index (κ2) is 6.11. The average molecular weight is 366 g/mol. The Balaban J connectivity index is 1.50. The van der Waals surface area contributed by atoms with Gasteiger partial charge in [-0.3, -0.25) is 0 Å². The van der Waals surface area contributed by atoms with Crippen LogP contribution >= 0.6 is 27.3 Å². The Morgan fingerprint density at radius 1 is 1.29 bits per heavy atom. The first-order valence-corrected chi connectivity index (χ1v) is 8.89. The molecular weight excluding hydrogens is 346 g/mol. The van der Waals surface area contributed by atoms with E-state index < -0.39 is 0 Å². The molecule has 0 fully saturated rings. The van der Waals surface area contributed by atoms with Crippen LogP contribution in [0.15, 0.2) is 34.1 Å². The van der Waals surface area contributed by atoms with Gasteiger partial charge in [0.25, 0.3) is 0 Å². The third-order valence-corrected chi connectivity index (χ3v) is 5.32. The molecule has 3 rings (SSSR count). The third-order valence-electron chi connectivity index (χ3n) is 3.63. The molecule has 1 aliphatic heterocycles. The van der Waals surface area contributed by atoms with Gasteiger partial charge >= 0.3 is 0 Å². The summed E-state index contributed by atoms with van der Waals surface area (Å²) in [5, 5.41) is 3.52. The zero-order valence-corrected chi connectivity index (χ0v) is 14.8. The summed E-state index contributed by atoms with van der Waals surface area (Å²) in [6, 6.07) is 10.8. The maximum Gasteiger partial charge on any atom is 0.123 e. The van der Waals surface area contributed by atoms with E-state index in [0.717, 1.165) is 31.7 Å². The Labute approximate surface area is 138 Å². The van der Waals surface area contributed by atoms with Crippen molar-refractivity contribution >= 4 is 27.3 Å². The fourth-order valence-electron chi connectivity index (χ4n) is 2.70. The summed E-state index contributed by atoms with van der Waals surface area (Å²) in [6.45, 7) is 6.21. The van der Waals surface area contributed by atoms with Gasteiger partial charge in [0.2, 0.25) is 0 Å². The Hall–Kier alpha value is -0.840. The molecule has 2 nitrogen and oxygen atoms in total. The van der Waals surface area contributed by atoms with Crippen molar-refractivity contribution in [2.24, 2.45) is 0 Å². The number of rotatable bonds is 5. The summed E-state index contributed by atoms with van der Waals surface area (Å²) in [6.07, 6.45) is 2.08. The van der Waals surface area contributed by atoms with Crippen molar-refractivity contribution in [3.8, 4) is 5.75 Å². The van der Waals surface area contributed by atoms with Gasteiger partial charge in [0, 0.05) is 24.4 Å². The van der Waals surface area contributed by atoms with Gasteiger partial charge in [0.1, 0.15) is 11.4 Å². The molecule has 4 heteroatoms. The summed E-state index contributed by atoms with van der Waals surface area (Å²) in [4.78, 5) is 1.42. The topological polar surface area (TPSA) is 21.3 Å². The maximum absolute atomic E-state index is 5.91. The van der Waals surface area contributed by atoms with Crippen molar-refractivity contribution in [2.75, 3.05) is 6.54 Å². The third kappa shape index (κ3) is 3.87. The monoisotopic (exact) mass is 365 g/mol. The van der Waals surface area contributed by atoms with Crippen molar-refractivity contribution in [1.82, 2.24) is 5.32 Å². The van der Waals surface area contributed by atoms with E-state index >= 15 is 0 Å². The highest BCUT2D eigenvalue weighted by Gasteiger charge is 2.29. The summed E-state index contributed by atoms with van der Waals surface area (Å²) < 4.78 is 7.12. The van der Waals surface area contributed by atoms with Gasteiger partial charge in [-0.2, -0.15) is 0 Å². The molecule has 1 aromatic carbocycles. The first kappa shape index (κ1) is 15.1. The minimum Gasteiger partial charge on any atom is -0.487 e. The molecule has 0 saturated carbocycles. The number of fused-ring (bicyclic) bond motifs is 1.